The fraction of sp³-hybridized carbons (Fsp3) is 0.297. The van der Waals surface area contributed by atoms with Crippen LogP contribution in [0.4, 0.5) is 5.69 Å². The normalized spacial score (nSPS) is 13.9. The predicted molar refractivity (Wildman–Crippen MR) is 190 cm³/mol. The van der Waals surface area contributed by atoms with Crippen LogP contribution < -0.4 is 14.4 Å². The number of aryl methyl sites for hydroxylation is 1. The highest BCUT2D eigenvalue weighted by atomic mass is 35.5. The summed E-state index contributed by atoms with van der Waals surface area (Å²) in [6.07, 6.45) is 3.98. The molecule has 2 amide bonds. The largest absolute Gasteiger partial charge is 0.497 e. The number of carbonyl (C=O) groups is 2. The SMILES string of the molecule is COc1ccc(S(=O)(=O)N(CC(=O)N(Cc2ccc(Cl)cc2Cl)[C@H](Cc2ccccc2)C(=O)NC2CCCC2)c2ccc(C)cc2)cc1. The van der Waals surface area contributed by atoms with Crippen LogP contribution in [0.3, 0.4) is 0 Å². The molecule has 1 N–H and O–H groups in total. The number of nitrogens with zero attached hydrogens (tertiary/aromatic N) is 2. The Balaban J connectivity index is 1.58. The van der Waals surface area contributed by atoms with Gasteiger partial charge in [-0.25, -0.2) is 8.42 Å². The summed E-state index contributed by atoms with van der Waals surface area (Å²) in [5.41, 5.74) is 2.66. The second-order valence-electron chi connectivity index (χ2n) is 12.0. The molecule has 8 nitrogen and oxygen atoms in total. The van der Waals surface area contributed by atoms with Crippen molar-refractivity contribution in [1.82, 2.24) is 10.2 Å². The molecule has 48 heavy (non-hydrogen) atoms. The van der Waals surface area contributed by atoms with Gasteiger partial charge in [0.1, 0.15) is 18.3 Å². The van der Waals surface area contributed by atoms with E-state index in [4.69, 9.17) is 27.9 Å². The van der Waals surface area contributed by atoms with Crippen LogP contribution in [0, 0.1) is 6.92 Å². The van der Waals surface area contributed by atoms with Crippen molar-refractivity contribution in [2.24, 2.45) is 0 Å². The number of sulfonamides is 1. The first-order chi connectivity index (χ1) is 23.0. The molecule has 252 valence electrons. The maximum absolute atomic E-state index is 14.7. The summed E-state index contributed by atoms with van der Waals surface area (Å²) >= 11 is 12.8. The molecule has 0 saturated heterocycles. The number of hydrogen-bond donors (Lipinski definition) is 1. The first-order valence-corrected chi connectivity index (χ1v) is 18.1. The molecule has 1 saturated carbocycles. The van der Waals surface area contributed by atoms with Crippen LogP contribution in [0.15, 0.2) is 102 Å². The molecule has 0 heterocycles. The summed E-state index contributed by atoms with van der Waals surface area (Å²) in [6, 6.07) is 26.4. The molecule has 0 unspecified atom stereocenters. The second-order valence-corrected chi connectivity index (χ2v) is 14.7. The van der Waals surface area contributed by atoms with Gasteiger partial charge in [0.05, 0.1) is 17.7 Å². The third kappa shape index (κ3) is 8.69. The van der Waals surface area contributed by atoms with Crippen LogP contribution >= 0.6 is 23.2 Å². The first-order valence-electron chi connectivity index (χ1n) is 15.9. The van der Waals surface area contributed by atoms with Crippen molar-refractivity contribution >= 4 is 50.7 Å². The van der Waals surface area contributed by atoms with Gasteiger partial charge in [-0.05, 0) is 79.4 Å². The highest BCUT2D eigenvalue weighted by molar-refractivity contribution is 7.92. The first kappa shape index (κ1) is 35.3. The molecule has 1 aliphatic rings. The van der Waals surface area contributed by atoms with Crippen LogP contribution in [-0.4, -0.2) is 50.9 Å². The molecular formula is C37H39Cl2N3O5S. The van der Waals surface area contributed by atoms with Crippen LogP contribution in [0.1, 0.15) is 42.4 Å². The maximum Gasteiger partial charge on any atom is 0.264 e. The minimum absolute atomic E-state index is 0.00588. The molecule has 1 fully saturated rings. The minimum atomic E-state index is -4.24. The predicted octanol–water partition coefficient (Wildman–Crippen LogP) is 7.20. The molecule has 4 aromatic carbocycles. The van der Waals surface area contributed by atoms with E-state index in [1.807, 2.05) is 37.3 Å². The van der Waals surface area contributed by atoms with Crippen molar-refractivity contribution in [2.75, 3.05) is 18.0 Å². The Hall–Kier alpha value is -4.05. The summed E-state index contributed by atoms with van der Waals surface area (Å²) in [4.78, 5) is 30.3. The molecule has 0 spiro atoms. The molecule has 0 bridgehead atoms. The Labute approximate surface area is 292 Å². The van der Waals surface area contributed by atoms with Crippen LogP contribution in [-0.2, 0) is 32.6 Å². The Morgan fingerprint density at radius 3 is 2.21 bits per heavy atom. The third-order valence-electron chi connectivity index (χ3n) is 8.58. The molecule has 1 aliphatic carbocycles. The van der Waals surface area contributed by atoms with Crippen molar-refractivity contribution in [3.05, 3.63) is 124 Å². The van der Waals surface area contributed by atoms with Crippen molar-refractivity contribution in [1.29, 1.82) is 0 Å². The lowest BCUT2D eigenvalue weighted by atomic mass is 10.0. The van der Waals surface area contributed by atoms with E-state index >= 15 is 0 Å². The van der Waals surface area contributed by atoms with Crippen LogP contribution in [0.5, 0.6) is 5.75 Å². The van der Waals surface area contributed by atoms with Crippen molar-refractivity contribution in [3.8, 4) is 5.75 Å². The van der Waals surface area contributed by atoms with Crippen molar-refractivity contribution < 1.29 is 22.7 Å². The van der Waals surface area contributed by atoms with Gasteiger partial charge in [0.2, 0.25) is 11.8 Å². The lowest BCUT2D eigenvalue weighted by molar-refractivity contribution is -0.140. The van der Waals surface area contributed by atoms with Gasteiger partial charge < -0.3 is 15.0 Å². The van der Waals surface area contributed by atoms with E-state index < -0.39 is 28.5 Å². The highest BCUT2D eigenvalue weighted by Gasteiger charge is 2.36. The number of hydrogen-bond acceptors (Lipinski definition) is 5. The van der Waals surface area contributed by atoms with Gasteiger partial charge >= 0.3 is 0 Å². The molecule has 0 aliphatic heterocycles. The van der Waals surface area contributed by atoms with E-state index in [1.165, 1.54) is 24.1 Å². The average molecular weight is 709 g/mol. The van der Waals surface area contributed by atoms with E-state index in [9.17, 15) is 18.0 Å². The summed E-state index contributed by atoms with van der Waals surface area (Å²) in [7, 11) is -2.75. The second kappa shape index (κ2) is 15.9. The number of ether oxygens (including phenoxy) is 1. The summed E-state index contributed by atoms with van der Waals surface area (Å²) < 4.78 is 34.8. The summed E-state index contributed by atoms with van der Waals surface area (Å²) in [6.45, 7) is 1.28. The standard InChI is InChI=1S/C37H39Cl2N3O5S/c1-26-12-16-31(17-13-26)42(48(45,46)33-20-18-32(47-2)19-21-33)25-36(43)41(24-28-14-15-29(38)23-34(28)39)35(22-27-8-4-3-5-9-27)37(44)40-30-10-6-7-11-30/h3-5,8-9,12-21,23,30,35H,6-7,10-11,22,24-25H2,1-2H3,(H,40,44)/t35-/m1/s1. The minimum Gasteiger partial charge on any atom is -0.497 e. The van der Waals surface area contributed by atoms with Crippen LogP contribution in [0.2, 0.25) is 10.0 Å². The lowest BCUT2D eigenvalue weighted by Gasteiger charge is -2.34. The van der Waals surface area contributed by atoms with Gasteiger partial charge in [0, 0.05) is 29.1 Å². The van der Waals surface area contributed by atoms with Gasteiger partial charge in [0.25, 0.3) is 10.0 Å². The van der Waals surface area contributed by atoms with E-state index in [-0.39, 0.29) is 29.8 Å². The van der Waals surface area contributed by atoms with Gasteiger partial charge in [-0.1, -0.05) is 90.1 Å². The summed E-state index contributed by atoms with van der Waals surface area (Å²) in [5.74, 6) is -0.375. The zero-order chi connectivity index (χ0) is 34.3. The average Bonchev–Trinajstić information content (AvgIpc) is 3.60. The third-order valence-corrected chi connectivity index (χ3v) is 11.0. The number of methoxy groups -OCH3 is 1. The van der Waals surface area contributed by atoms with E-state index in [0.717, 1.165) is 41.1 Å². The fourth-order valence-electron chi connectivity index (χ4n) is 5.87. The number of carbonyl (C=O) groups excluding carboxylic acids is 2. The Bertz CT molecular complexity index is 1810. The molecular weight excluding hydrogens is 669 g/mol. The van der Waals surface area contributed by atoms with Gasteiger partial charge in [-0.2, -0.15) is 0 Å². The molecule has 4 aromatic rings. The van der Waals surface area contributed by atoms with Crippen molar-refractivity contribution in [3.63, 3.8) is 0 Å². The Kier molecular flexibility index (Phi) is 11.7. The van der Waals surface area contributed by atoms with E-state index in [2.05, 4.69) is 5.32 Å². The summed E-state index contributed by atoms with van der Waals surface area (Å²) in [5, 5.41) is 3.93. The van der Waals surface area contributed by atoms with Gasteiger partial charge in [0.15, 0.2) is 0 Å². The number of nitrogens with one attached hydrogen (secondary N) is 1. The number of amides is 2. The quantitative estimate of drug-likeness (QED) is 0.159. The van der Waals surface area contributed by atoms with E-state index in [1.54, 1.807) is 54.6 Å². The molecule has 0 radical (unpaired) electrons. The highest BCUT2D eigenvalue weighted by Crippen LogP contribution is 2.28. The zero-order valence-electron chi connectivity index (χ0n) is 26.9. The molecule has 5 rings (SSSR count). The fourth-order valence-corrected chi connectivity index (χ4v) is 7.75. The maximum atomic E-state index is 14.7. The lowest BCUT2D eigenvalue weighted by Crippen LogP contribution is -2.54. The number of anilines is 1. The molecule has 0 aromatic heterocycles. The molecule has 11 heteroatoms. The van der Waals surface area contributed by atoms with Crippen molar-refractivity contribution in [2.45, 2.75) is 62.6 Å². The van der Waals surface area contributed by atoms with Crippen LogP contribution in [0.25, 0.3) is 0 Å². The zero-order valence-corrected chi connectivity index (χ0v) is 29.3. The number of rotatable bonds is 13. The topological polar surface area (TPSA) is 96.0 Å². The van der Waals surface area contributed by atoms with Gasteiger partial charge in [-0.3, -0.25) is 13.9 Å². The Morgan fingerprint density at radius 2 is 1.58 bits per heavy atom. The number of halogens is 2. The monoisotopic (exact) mass is 707 g/mol. The van der Waals surface area contributed by atoms with Gasteiger partial charge in [-0.15, -0.1) is 0 Å². The van der Waals surface area contributed by atoms with E-state index in [0.29, 0.717) is 27.0 Å². The molecule has 1 atom stereocenters. The number of benzene rings is 4. The smallest absolute Gasteiger partial charge is 0.264 e. The Morgan fingerprint density at radius 1 is 0.917 bits per heavy atom.